The highest BCUT2D eigenvalue weighted by molar-refractivity contribution is 5.81. The Balaban J connectivity index is 2.14. The molecular weight excluding hydrogens is 254 g/mol. The lowest BCUT2D eigenvalue weighted by Crippen LogP contribution is -2.48. The van der Waals surface area contributed by atoms with Gasteiger partial charge in [-0.1, -0.05) is 6.42 Å². The van der Waals surface area contributed by atoms with E-state index in [2.05, 4.69) is 25.5 Å². The van der Waals surface area contributed by atoms with Gasteiger partial charge in [0.05, 0.1) is 12.6 Å². The van der Waals surface area contributed by atoms with Gasteiger partial charge in [-0.2, -0.15) is 0 Å². The fourth-order valence-corrected chi connectivity index (χ4v) is 2.65. The molecule has 2 rings (SSSR count). The van der Waals surface area contributed by atoms with Crippen molar-refractivity contribution in [1.29, 1.82) is 0 Å². The predicted octanol–water partition coefficient (Wildman–Crippen LogP) is 0.927. The molecular formula is C14H23N5O. The molecule has 0 aromatic carbocycles. The van der Waals surface area contributed by atoms with Crippen molar-refractivity contribution in [2.24, 2.45) is 0 Å². The first-order chi connectivity index (χ1) is 9.63. The topological polar surface area (TPSA) is 70.2 Å². The first-order valence-corrected chi connectivity index (χ1v) is 7.12. The summed E-state index contributed by atoms with van der Waals surface area (Å²) in [6.07, 6.45) is 3.13. The van der Waals surface area contributed by atoms with Crippen molar-refractivity contribution in [3.8, 4) is 0 Å². The monoisotopic (exact) mass is 277 g/mol. The van der Waals surface area contributed by atoms with Crippen LogP contribution in [-0.2, 0) is 11.3 Å². The molecule has 2 heterocycles. The van der Waals surface area contributed by atoms with Crippen LogP contribution >= 0.6 is 0 Å². The van der Waals surface area contributed by atoms with E-state index in [0.717, 1.165) is 43.1 Å². The average molecular weight is 277 g/mol. The molecule has 1 fully saturated rings. The number of aryl methyl sites for hydroxylation is 1. The van der Waals surface area contributed by atoms with E-state index >= 15 is 0 Å². The third-order valence-corrected chi connectivity index (χ3v) is 3.66. The minimum Gasteiger partial charge on any atom is -0.373 e. The van der Waals surface area contributed by atoms with Gasteiger partial charge in [0.1, 0.15) is 11.6 Å². The molecule has 6 heteroatoms. The van der Waals surface area contributed by atoms with E-state index in [4.69, 9.17) is 0 Å². The number of piperidine rings is 1. The zero-order valence-electron chi connectivity index (χ0n) is 12.4. The van der Waals surface area contributed by atoms with E-state index in [-0.39, 0.29) is 11.9 Å². The van der Waals surface area contributed by atoms with Crippen molar-refractivity contribution in [3.63, 3.8) is 0 Å². The summed E-state index contributed by atoms with van der Waals surface area (Å²) in [5.74, 6) is 1.68. The van der Waals surface area contributed by atoms with Crippen LogP contribution in [0.1, 0.15) is 30.8 Å². The SMILES string of the molecule is CNC(=O)C1CCCCN1Cc1nc(C)cc(NC)n1. The molecule has 20 heavy (non-hydrogen) atoms. The van der Waals surface area contributed by atoms with Gasteiger partial charge >= 0.3 is 0 Å². The molecule has 1 aliphatic heterocycles. The van der Waals surface area contributed by atoms with Gasteiger partial charge < -0.3 is 10.6 Å². The highest BCUT2D eigenvalue weighted by Gasteiger charge is 2.28. The van der Waals surface area contributed by atoms with E-state index < -0.39 is 0 Å². The second kappa shape index (κ2) is 6.65. The molecule has 0 aliphatic carbocycles. The Kier molecular flexibility index (Phi) is 4.89. The number of hydrogen-bond acceptors (Lipinski definition) is 5. The fourth-order valence-electron chi connectivity index (χ4n) is 2.65. The number of carbonyl (C=O) groups is 1. The van der Waals surface area contributed by atoms with Gasteiger partial charge in [-0.15, -0.1) is 0 Å². The van der Waals surface area contributed by atoms with Gasteiger partial charge in [0.25, 0.3) is 0 Å². The molecule has 0 bridgehead atoms. The Morgan fingerprint density at radius 3 is 2.90 bits per heavy atom. The quantitative estimate of drug-likeness (QED) is 0.856. The van der Waals surface area contributed by atoms with Crippen molar-refractivity contribution in [2.75, 3.05) is 26.0 Å². The third-order valence-electron chi connectivity index (χ3n) is 3.66. The first kappa shape index (κ1) is 14.7. The molecule has 1 atom stereocenters. The number of anilines is 1. The molecule has 1 saturated heterocycles. The molecule has 0 radical (unpaired) electrons. The Morgan fingerprint density at radius 2 is 2.20 bits per heavy atom. The average Bonchev–Trinajstić information content (AvgIpc) is 2.46. The van der Waals surface area contributed by atoms with Crippen LogP contribution in [0.4, 0.5) is 5.82 Å². The number of likely N-dealkylation sites (tertiary alicyclic amines) is 1. The maximum Gasteiger partial charge on any atom is 0.237 e. The second-order valence-electron chi connectivity index (χ2n) is 5.16. The van der Waals surface area contributed by atoms with Gasteiger partial charge in [-0.25, -0.2) is 9.97 Å². The number of hydrogen-bond donors (Lipinski definition) is 2. The van der Waals surface area contributed by atoms with Gasteiger partial charge in [0.15, 0.2) is 0 Å². The second-order valence-corrected chi connectivity index (χ2v) is 5.16. The molecule has 110 valence electrons. The molecule has 0 saturated carbocycles. The lowest BCUT2D eigenvalue weighted by atomic mass is 10.0. The number of likely N-dealkylation sites (N-methyl/N-ethyl adjacent to an activating group) is 1. The smallest absolute Gasteiger partial charge is 0.237 e. The van der Waals surface area contributed by atoms with Gasteiger partial charge in [-0.05, 0) is 26.3 Å². The summed E-state index contributed by atoms with van der Waals surface area (Å²) < 4.78 is 0. The zero-order valence-corrected chi connectivity index (χ0v) is 12.4. The lowest BCUT2D eigenvalue weighted by molar-refractivity contribution is -0.127. The normalized spacial score (nSPS) is 19.6. The molecule has 1 aliphatic rings. The third kappa shape index (κ3) is 3.45. The van der Waals surface area contributed by atoms with Crippen LogP contribution in [0.5, 0.6) is 0 Å². The van der Waals surface area contributed by atoms with E-state index in [1.165, 1.54) is 0 Å². The maximum absolute atomic E-state index is 12.0. The summed E-state index contributed by atoms with van der Waals surface area (Å²) in [4.78, 5) is 23.1. The Hall–Kier alpha value is -1.69. The molecule has 0 spiro atoms. The summed E-state index contributed by atoms with van der Waals surface area (Å²) >= 11 is 0. The van der Waals surface area contributed by atoms with Gasteiger partial charge in [0.2, 0.25) is 5.91 Å². The summed E-state index contributed by atoms with van der Waals surface area (Å²) in [6.45, 7) is 3.50. The van der Waals surface area contributed by atoms with Crippen molar-refractivity contribution >= 4 is 11.7 Å². The summed E-state index contributed by atoms with van der Waals surface area (Å²) in [6, 6.07) is 1.85. The number of amides is 1. The van der Waals surface area contributed by atoms with Crippen LogP contribution in [0.25, 0.3) is 0 Å². The van der Waals surface area contributed by atoms with E-state index in [0.29, 0.717) is 6.54 Å². The van der Waals surface area contributed by atoms with Crippen LogP contribution in [0, 0.1) is 6.92 Å². The Labute approximate surface area is 120 Å². The standard InChI is InChI=1S/C14H23N5O/c1-10-8-12(15-2)18-13(17-10)9-19-7-5-4-6-11(19)14(20)16-3/h8,11H,4-7,9H2,1-3H3,(H,16,20)(H,15,17,18). The summed E-state index contributed by atoms with van der Waals surface area (Å²) in [5.41, 5.74) is 0.938. The number of nitrogens with zero attached hydrogens (tertiary/aromatic N) is 3. The minimum absolute atomic E-state index is 0.0594. The predicted molar refractivity (Wildman–Crippen MR) is 78.4 cm³/mol. The Morgan fingerprint density at radius 1 is 1.40 bits per heavy atom. The molecule has 1 amide bonds. The minimum atomic E-state index is -0.0594. The van der Waals surface area contributed by atoms with E-state index in [1.54, 1.807) is 7.05 Å². The first-order valence-electron chi connectivity index (χ1n) is 7.12. The van der Waals surface area contributed by atoms with Crippen LogP contribution < -0.4 is 10.6 Å². The van der Waals surface area contributed by atoms with Crippen molar-refractivity contribution < 1.29 is 4.79 Å². The fraction of sp³-hybridized carbons (Fsp3) is 0.643. The number of carbonyl (C=O) groups excluding carboxylic acids is 1. The zero-order chi connectivity index (χ0) is 14.5. The Bertz CT molecular complexity index is 477. The van der Waals surface area contributed by atoms with E-state index in [9.17, 15) is 4.79 Å². The molecule has 1 unspecified atom stereocenters. The van der Waals surface area contributed by atoms with Crippen LogP contribution in [-0.4, -0.2) is 47.5 Å². The van der Waals surface area contributed by atoms with Crippen LogP contribution in [0.15, 0.2) is 6.07 Å². The van der Waals surface area contributed by atoms with E-state index in [1.807, 2.05) is 20.0 Å². The number of rotatable bonds is 4. The maximum atomic E-state index is 12.0. The largest absolute Gasteiger partial charge is 0.373 e. The molecule has 1 aromatic rings. The van der Waals surface area contributed by atoms with Crippen molar-refractivity contribution in [3.05, 3.63) is 17.6 Å². The number of nitrogens with one attached hydrogen (secondary N) is 2. The molecule has 1 aromatic heterocycles. The highest BCUT2D eigenvalue weighted by atomic mass is 16.2. The van der Waals surface area contributed by atoms with Crippen LogP contribution in [0.3, 0.4) is 0 Å². The van der Waals surface area contributed by atoms with Crippen LogP contribution in [0.2, 0.25) is 0 Å². The van der Waals surface area contributed by atoms with Crippen molar-refractivity contribution in [1.82, 2.24) is 20.2 Å². The number of aromatic nitrogens is 2. The summed E-state index contributed by atoms with van der Waals surface area (Å²) in [7, 11) is 3.54. The van der Waals surface area contributed by atoms with Gasteiger partial charge in [0, 0.05) is 25.9 Å². The lowest BCUT2D eigenvalue weighted by Gasteiger charge is -2.33. The molecule has 2 N–H and O–H groups in total. The van der Waals surface area contributed by atoms with Gasteiger partial charge in [-0.3, -0.25) is 9.69 Å². The van der Waals surface area contributed by atoms with Crippen molar-refractivity contribution in [2.45, 2.75) is 38.8 Å². The highest BCUT2D eigenvalue weighted by Crippen LogP contribution is 2.19. The molecule has 6 nitrogen and oxygen atoms in total. The summed E-state index contributed by atoms with van der Waals surface area (Å²) in [5, 5.41) is 5.79.